The van der Waals surface area contributed by atoms with Gasteiger partial charge in [-0.25, -0.2) is 0 Å². The van der Waals surface area contributed by atoms with Gasteiger partial charge in [0, 0.05) is 15.5 Å². The predicted octanol–water partition coefficient (Wildman–Crippen LogP) is 7.36. The Labute approximate surface area is 163 Å². The fourth-order valence-corrected chi connectivity index (χ4v) is 3.78. The van der Waals surface area contributed by atoms with Crippen molar-refractivity contribution in [1.29, 1.82) is 0 Å². The largest absolute Gasteiger partial charge is 0.309 e. The van der Waals surface area contributed by atoms with Gasteiger partial charge >= 0.3 is 0 Å². The van der Waals surface area contributed by atoms with Gasteiger partial charge in [0.25, 0.3) is 0 Å². The maximum atomic E-state index is 3.60. The van der Waals surface area contributed by atoms with Gasteiger partial charge in [-0.05, 0) is 52.9 Å². The van der Waals surface area contributed by atoms with Gasteiger partial charge in [-0.15, -0.1) is 0 Å². The molecule has 0 radical (unpaired) electrons. The summed E-state index contributed by atoms with van der Waals surface area (Å²) in [6, 6.07) is 28.3. The van der Waals surface area contributed by atoms with E-state index in [0.717, 1.165) is 4.47 Å². The van der Waals surface area contributed by atoms with Gasteiger partial charge in [0.2, 0.25) is 0 Å². The van der Waals surface area contributed by atoms with E-state index in [0.29, 0.717) is 0 Å². The van der Waals surface area contributed by atoms with E-state index in [1.165, 1.54) is 33.4 Å². The summed E-state index contributed by atoms with van der Waals surface area (Å²) in [6.07, 6.45) is 0. The van der Waals surface area contributed by atoms with Gasteiger partial charge in [-0.3, -0.25) is 0 Å². The zero-order chi connectivity index (χ0) is 18.3. The molecule has 0 aliphatic heterocycles. The minimum Gasteiger partial charge on any atom is -0.309 e. The van der Waals surface area contributed by atoms with Crippen molar-refractivity contribution < 1.29 is 0 Å². The van der Waals surface area contributed by atoms with Gasteiger partial charge < -0.3 is 4.57 Å². The molecule has 130 valence electrons. The molecule has 0 spiro atoms. The molecule has 0 saturated heterocycles. The third kappa shape index (κ3) is 3.10. The smallest absolute Gasteiger partial charge is 0.0540 e. The molecule has 2 heteroatoms. The zero-order valence-corrected chi connectivity index (χ0v) is 16.9. The van der Waals surface area contributed by atoms with E-state index in [9.17, 15) is 0 Å². The summed E-state index contributed by atoms with van der Waals surface area (Å²) < 4.78 is 3.45. The predicted molar refractivity (Wildman–Crippen MR) is 115 cm³/mol. The Morgan fingerprint density at radius 2 is 1.46 bits per heavy atom. The maximum Gasteiger partial charge on any atom is 0.0540 e. The number of nitrogens with zero attached hydrogens (tertiary/aromatic N) is 1. The van der Waals surface area contributed by atoms with E-state index >= 15 is 0 Å². The summed E-state index contributed by atoms with van der Waals surface area (Å²) >= 11 is 3.60. The summed E-state index contributed by atoms with van der Waals surface area (Å²) in [5.41, 5.74) is 6.35. The van der Waals surface area contributed by atoms with Crippen molar-refractivity contribution in [3.63, 3.8) is 0 Å². The molecule has 0 bridgehead atoms. The molecule has 0 N–H and O–H groups in total. The summed E-state index contributed by atoms with van der Waals surface area (Å²) in [5.74, 6) is 0. The fraction of sp³-hybridized carbons (Fsp3) is 0.167. The molecule has 0 saturated carbocycles. The Balaban J connectivity index is 1.96. The first-order chi connectivity index (χ1) is 12.4. The molecule has 26 heavy (non-hydrogen) atoms. The number of benzene rings is 3. The number of hydrogen-bond acceptors (Lipinski definition) is 0. The Morgan fingerprint density at radius 1 is 0.769 bits per heavy atom. The van der Waals surface area contributed by atoms with Crippen molar-refractivity contribution >= 4 is 26.8 Å². The fourth-order valence-electron chi connectivity index (χ4n) is 3.40. The molecule has 3 aromatic carbocycles. The average molecular weight is 404 g/mol. The first-order valence-corrected chi connectivity index (χ1v) is 9.70. The lowest BCUT2D eigenvalue weighted by Crippen LogP contribution is -2.10. The lowest BCUT2D eigenvalue weighted by Gasteiger charge is -2.20. The van der Waals surface area contributed by atoms with Crippen LogP contribution in [-0.2, 0) is 5.41 Å². The van der Waals surface area contributed by atoms with E-state index in [4.69, 9.17) is 0 Å². The Hall–Kier alpha value is -2.32. The SMILES string of the molecule is CC(C)(C)c1ccc(-n2c(-c3ccccc3)cc3cc(Br)ccc32)cc1. The molecule has 0 atom stereocenters. The van der Waals surface area contributed by atoms with Crippen LogP contribution in [0, 0.1) is 0 Å². The number of aromatic nitrogens is 1. The van der Waals surface area contributed by atoms with Crippen LogP contribution in [0.15, 0.2) is 83.3 Å². The molecule has 0 unspecified atom stereocenters. The van der Waals surface area contributed by atoms with Crippen molar-refractivity contribution in [2.24, 2.45) is 0 Å². The first kappa shape index (κ1) is 17.1. The quantitative estimate of drug-likeness (QED) is 0.329. The second kappa shape index (κ2) is 6.44. The van der Waals surface area contributed by atoms with Gasteiger partial charge in [0.15, 0.2) is 0 Å². The van der Waals surface area contributed by atoms with Crippen molar-refractivity contribution in [3.8, 4) is 16.9 Å². The summed E-state index contributed by atoms with van der Waals surface area (Å²) in [4.78, 5) is 0. The zero-order valence-electron chi connectivity index (χ0n) is 15.3. The van der Waals surface area contributed by atoms with E-state index in [1.54, 1.807) is 0 Å². The van der Waals surface area contributed by atoms with Crippen molar-refractivity contribution in [1.82, 2.24) is 4.57 Å². The molecule has 0 aliphatic carbocycles. The monoisotopic (exact) mass is 403 g/mol. The normalized spacial score (nSPS) is 11.8. The molecule has 1 heterocycles. The van der Waals surface area contributed by atoms with E-state index in [1.807, 2.05) is 0 Å². The number of rotatable bonds is 2. The second-order valence-electron chi connectivity index (χ2n) is 7.73. The van der Waals surface area contributed by atoms with Crippen LogP contribution in [0.5, 0.6) is 0 Å². The Kier molecular flexibility index (Phi) is 4.24. The number of hydrogen-bond donors (Lipinski definition) is 0. The summed E-state index contributed by atoms with van der Waals surface area (Å²) in [5, 5.41) is 1.23. The highest BCUT2D eigenvalue weighted by Crippen LogP contribution is 2.33. The summed E-state index contributed by atoms with van der Waals surface area (Å²) in [7, 11) is 0. The third-order valence-electron chi connectivity index (χ3n) is 4.82. The highest BCUT2D eigenvalue weighted by molar-refractivity contribution is 9.10. The van der Waals surface area contributed by atoms with Crippen LogP contribution in [0.3, 0.4) is 0 Å². The van der Waals surface area contributed by atoms with Gasteiger partial charge in [0.1, 0.15) is 0 Å². The van der Waals surface area contributed by atoms with Crippen molar-refractivity contribution in [2.75, 3.05) is 0 Å². The lowest BCUT2D eigenvalue weighted by atomic mass is 9.87. The standard InChI is InChI=1S/C24H22BrN/c1-24(2,3)19-9-12-21(13-10-19)26-22-14-11-20(25)15-18(22)16-23(26)17-7-5-4-6-8-17/h4-16H,1-3H3. The van der Waals surface area contributed by atoms with Crippen LogP contribution >= 0.6 is 15.9 Å². The minimum atomic E-state index is 0.157. The number of fused-ring (bicyclic) bond motifs is 1. The van der Waals surface area contributed by atoms with Gasteiger partial charge in [-0.1, -0.05) is 79.2 Å². The van der Waals surface area contributed by atoms with E-state index < -0.39 is 0 Å². The average Bonchev–Trinajstić information content (AvgIpc) is 3.00. The Morgan fingerprint density at radius 3 is 2.12 bits per heavy atom. The van der Waals surface area contributed by atoms with Crippen LogP contribution in [0.4, 0.5) is 0 Å². The van der Waals surface area contributed by atoms with Crippen LogP contribution in [-0.4, -0.2) is 4.57 Å². The molecule has 0 fully saturated rings. The van der Waals surface area contributed by atoms with Gasteiger partial charge in [0.05, 0.1) is 11.2 Å². The Bertz CT molecular complexity index is 1050. The first-order valence-electron chi connectivity index (χ1n) is 8.91. The maximum absolute atomic E-state index is 3.60. The summed E-state index contributed by atoms with van der Waals surface area (Å²) in [6.45, 7) is 6.75. The third-order valence-corrected chi connectivity index (χ3v) is 5.32. The molecule has 4 aromatic rings. The van der Waals surface area contributed by atoms with E-state index in [-0.39, 0.29) is 5.41 Å². The molecular formula is C24H22BrN. The highest BCUT2D eigenvalue weighted by atomic mass is 79.9. The molecule has 0 aliphatic rings. The molecule has 4 rings (SSSR count). The van der Waals surface area contributed by atoms with Crippen LogP contribution in [0.1, 0.15) is 26.3 Å². The highest BCUT2D eigenvalue weighted by Gasteiger charge is 2.16. The molecule has 1 nitrogen and oxygen atoms in total. The molecule has 1 aromatic heterocycles. The van der Waals surface area contributed by atoms with Crippen LogP contribution in [0.2, 0.25) is 0 Å². The van der Waals surface area contributed by atoms with Crippen molar-refractivity contribution in [2.45, 2.75) is 26.2 Å². The second-order valence-corrected chi connectivity index (χ2v) is 8.65. The van der Waals surface area contributed by atoms with Crippen molar-refractivity contribution in [3.05, 3.63) is 88.9 Å². The van der Waals surface area contributed by atoms with Gasteiger partial charge in [-0.2, -0.15) is 0 Å². The lowest BCUT2D eigenvalue weighted by molar-refractivity contribution is 0.590. The molecular weight excluding hydrogens is 382 g/mol. The minimum absolute atomic E-state index is 0.157. The van der Waals surface area contributed by atoms with Crippen LogP contribution in [0.25, 0.3) is 27.8 Å². The molecule has 0 amide bonds. The number of halogens is 1. The van der Waals surface area contributed by atoms with Crippen LogP contribution < -0.4 is 0 Å². The topological polar surface area (TPSA) is 4.93 Å². The van der Waals surface area contributed by atoms with E-state index in [2.05, 4.69) is 120 Å².